The molecule has 7 heteroatoms. The van der Waals surface area contributed by atoms with Crippen LogP contribution in [-0.4, -0.2) is 35.4 Å². The lowest BCUT2D eigenvalue weighted by molar-refractivity contribution is 0.630. The van der Waals surface area contributed by atoms with Crippen LogP contribution in [0.2, 0.25) is 5.02 Å². The SMILES string of the molecule is CNC(CN)CSCc1nc2ccc(Cl)cc2c(=O)[nH]1. The number of nitrogens with one attached hydrogen (secondary N) is 2. The summed E-state index contributed by atoms with van der Waals surface area (Å²) in [6.45, 7) is 0.587. The van der Waals surface area contributed by atoms with Gasteiger partial charge in [-0.25, -0.2) is 4.98 Å². The summed E-state index contributed by atoms with van der Waals surface area (Å²) in [5.74, 6) is 2.18. The molecule has 4 N–H and O–H groups in total. The van der Waals surface area contributed by atoms with Crippen LogP contribution in [0.4, 0.5) is 0 Å². The second-order valence-electron chi connectivity index (χ2n) is 4.41. The first-order valence-corrected chi connectivity index (χ1v) is 7.81. The third-order valence-electron chi connectivity index (χ3n) is 2.97. The van der Waals surface area contributed by atoms with Crippen molar-refractivity contribution in [3.05, 3.63) is 39.4 Å². The Morgan fingerprint density at radius 2 is 2.35 bits per heavy atom. The number of aromatic nitrogens is 2. The first kappa shape index (κ1) is 15.3. The summed E-state index contributed by atoms with van der Waals surface area (Å²) in [5, 5.41) is 4.18. The van der Waals surface area contributed by atoms with Gasteiger partial charge in [0.15, 0.2) is 0 Å². The number of halogens is 1. The fourth-order valence-electron chi connectivity index (χ4n) is 1.79. The lowest BCUT2D eigenvalue weighted by atomic mass is 10.2. The van der Waals surface area contributed by atoms with E-state index in [0.717, 1.165) is 5.75 Å². The predicted octanol–water partition coefficient (Wildman–Crippen LogP) is 1.36. The molecule has 0 spiro atoms. The average molecular weight is 313 g/mol. The van der Waals surface area contributed by atoms with Gasteiger partial charge in [-0.1, -0.05) is 11.6 Å². The molecule has 0 bridgehead atoms. The predicted molar refractivity (Wildman–Crippen MR) is 85.4 cm³/mol. The number of hydrogen-bond acceptors (Lipinski definition) is 5. The number of hydrogen-bond donors (Lipinski definition) is 3. The van der Waals surface area contributed by atoms with Crippen LogP contribution in [-0.2, 0) is 5.75 Å². The van der Waals surface area contributed by atoms with Crippen LogP contribution in [0.25, 0.3) is 10.9 Å². The Morgan fingerprint density at radius 1 is 1.55 bits per heavy atom. The molecule has 5 nitrogen and oxygen atoms in total. The maximum absolute atomic E-state index is 12.0. The Bertz CT molecular complexity index is 642. The summed E-state index contributed by atoms with van der Waals surface area (Å²) >= 11 is 7.56. The number of aromatic amines is 1. The van der Waals surface area contributed by atoms with Crippen LogP contribution in [0.15, 0.2) is 23.0 Å². The molecular formula is C13H17ClN4OS. The fraction of sp³-hybridized carbons (Fsp3) is 0.385. The maximum Gasteiger partial charge on any atom is 0.258 e. The van der Waals surface area contributed by atoms with E-state index >= 15 is 0 Å². The summed E-state index contributed by atoms with van der Waals surface area (Å²) < 4.78 is 0. The van der Waals surface area contributed by atoms with E-state index in [9.17, 15) is 4.79 Å². The van der Waals surface area contributed by atoms with Gasteiger partial charge in [-0.05, 0) is 25.2 Å². The van der Waals surface area contributed by atoms with E-state index in [1.807, 2.05) is 7.05 Å². The second-order valence-corrected chi connectivity index (χ2v) is 5.88. The molecule has 1 atom stereocenters. The number of benzene rings is 1. The monoisotopic (exact) mass is 312 g/mol. The molecule has 0 aliphatic heterocycles. The summed E-state index contributed by atoms with van der Waals surface area (Å²) in [7, 11) is 1.89. The van der Waals surface area contributed by atoms with E-state index in [0.29, 0.717) is 34.0 Å². The third-order valence-corrected chi connectivity index (χ3v) is 4.32. The Labute approximate surface area is 126 Å². The quantitative estimate of drug-likeness (QED) is 0.750. The summed E-state index contributed by atoms with van der Waals surface area (Å²) in [6, 6.07) is 5.40. The standard InChI is InChI=1S/C13H17ClN4OS/c1-16-9(5-15)6-20-7-12-17-11-3-2-8(14)4-10(11)13(19)18-12/h2-4,9,16H,5-7,15H2,1H3,(H,17,18,19). The van der Waals surface area contributed by atoms with E-state index in [2.05, 4.69) is 15.3 Å². The molecule has 0 radical (unpaired) electrons. The van der Waals surface area contributed by atoms with Crippen LogP contribution in [0.1, 0.15) is 5.82 Å². The topological polar surface area (TPSA) is 83.8 Å². The van der Waals surface area contributed by atoms with E-state index in [1.165, 1.54) is 0 Å². The number of rotatable bonds is 6. The zero-order chi connectivity index (χ0) is 14.5. The van der Waals surface area contributed by atoms with Gasteiger partial charge in [-0.15, -0.1) is 0 Å². The van der Waals surface area contributed by atoms with Crippen molar-refractivity contribution >= 4 is 34.3 Å². The van der Waals surface area contributed by atoms with Crippen LogP contribution < -0.4 is 16.6 Å². The second kappa shape index (κ2) is 7.08. The van der Waals surface area contributed by atoms with Gasteiger partial charge in [0, 0.05) is 23.4 Å². The van der Waals surface area contributed by atoms with Gasteiger partial charge in [0.05, 0.1) is 16.7 Å². The van der Waals surface area contributed by atoms with Crippen LogP contribution in [0, 0.1) is 0 Å². The highest BCUT2D eigenvalue weighted by molar-refractivity contribution is 7.98. The van der Waals surface area contributed by atoms with E-state index in [1.54, 1.807) is 30.0 Å². The van der Waals surface area contributed by atoms with Gasteiger partial charge >= 0.3 is 0 Å². The molecule has 2 aromatic rings. The molecule has 0 amide bonds. The number of fused-ring (bicyclic) bond motifs is 1. The lowest BCUT2D eigenvalue weighted by Crippen LogP contribution is -2.35. The summed E-state index contributed by atoms with van der Waals surface area (Å²) in [5.41, 5.74) is 6.12. The summed E-state index contributed by atoms with van der Waals surface area (Å²) in [6.07, 6.45) is 0. The molecule has 1 aromatic heterocycles. The van der Waals surface area contributed by atoms with Gasteiger partial charge in [0.1, 0.15) is 5.82 Å². The number of thioether (sulfide) groups is 1. The van der Waals surface area contributed by atoms with Crippen molar-refractivity contribution in [2.45, 2.75) is 11.8 Å². The molecule has 108 valence electrons. The van der Waals surface area contributed by atoms with Gasteiger partial charge in [-0.3, -0.25) is 4.79 Å². The van der Waals surface area contributed by atoms with E-state index in [-0.39, 0.29) is 11.6 Å². The van der Waals surface area contributed by atoms with Crippen molar-refractivity contribution in [3.63, 3.8) is 0 Å². The van der Waals surface area contributed by atoms with Crippen LogP contribution in [0.5, 0.6) is 0 Å². The average Bonchev–Trinajstić information content (AvgIpc) is 2.44. The third kappa shape index (κ3) is 3.73. The molecular weight excluding hydrogens is 296 g/mol. The molecule has 2 rings (SSSR count). The Kier molecular flexibility index (Phi) is 5.42. The Hall–Kier alpha value is -1.08. The molecule has 0 fully saturated rings. The first-order chi connectivity index (χ1) is 9.63. The molecule has 0 saturated carbocycles. The molecule has 1 unspecified atom stereocenters. The smallest absolute Gasteiger partial charge is 0.258 e. The van der Waals surface area contributed by atoms with Crippen molar-refractivity contribution in [2.75, 3.05) is 19.3 Å². The van der Waals surface area contributed by atoms with Crippen molar-refractivity contribution in [1.29, 1.82) is 0 Å². The normalized spacial score (nSPS) is 12.8. The molecule has 0 aliphatic rings. The number of H-pyrrole nitrogens is 1. The van der Waals surface area contributed by atoms with Crippen LogP contribution >= 0.6 is 23.4 Å². The minimum absolute atomic E-state index is 0.155. The Balaban J connectivity index is 2.12. The maximum atomic E-state index is 12.0. The highest BCUT2D eigenvalue weighted by Crippen LogP contribution is 2.16. The van der Waals surface area contributed by atoms with E-state index in [4.69, 9.17) is 17.3 Å². The first-order valence-electron chi connectivity index (χ1n) is 6.27. The molecule has 20 heavy (non-hydrogen) atoms. The highest BCUT2D eigenvalue weighted by atomic mass is 35.5. The van der Waals surface area contributed by atoms with Gasteiger partial charge in [-0.2, -0.15) is 11.8 Å². The molecule has 1 heterocycles. The van der Waals surface area contributed by atoms with E-state index < -0.39 is 0 Å². The molecule has 0 saturated heterocycles. The van der Waals surface area contributed by atoms with Crippen molar-refractivity contribution < 1.29 is 0 Å². The highest BCUT2D eigenvalue weighted by Gasteiger charge is 2.07. The van der Waals surface area contributed by atoms with Crippen LogP contribution in [0.3, 0.4) is 0 Å². The summed E-state index contributed by atoms with van der Waals surface area (Å²) in [4.78, 5) is 19.2. The zero-order valence-corrected chi connectivity index (χ0v) is 12.7. The minimum Gasteiger partial charge on any atom is -0.329 e. The number of nitrogens with zero attached hydrogens (tertiary/aromatic N) is 1. The van der Waals surface area contributed by atoms with Gasteiger partial charge < -0.3 is 16.0 Å². The fourth-order valence-corrected chi connectivity index (χ4v) is 3.00. The van der Waals surface area contributed by atoms with Crippen molar-refractivity contribution in [1.82, 2.24) is 15.3 Å². The van der Waals surface area contributed by atoms with Crippen molar-refractivity contribution in [3.8, 4) is 0 Å². The van der Waals surface area contributed by atoms with Crippen molar-refractivity contribution in [2.24, 2.45) is 5.73 Å². The molecule has 1 aromatic carbocycles. The Morgan fingerprint density at radius 3 is 3.05 bits per heavy atom. The minimum atomic E-state index is -0.155. The number of nitrogens with two attached hydrogens (primary N) is 1. The lowest BCUT2D eigenvalue weighted by Gasteiger charge is -2.12. The largest absolute Gasteiger partial charge is 0.329 e. The number of likely N-dealkylation sites (N-methyl/N-ethyl adjacent to an activating group) is 1. The van der Waals surface area contributed by atoms with Gasteiger partial charge in [0.25, 0.3) is 5.56 Å². The molecule has 0 aliphatic carbocycles. The zero-order valence-electron chi connectivity index (χ0n) is 11.1. The van der Waals surface area contributed by atoms with Gasteiger partial charge in [0.2, 0.25) is 0 Å².